The summed E-state index contributed by atoms with van der Waals surface area (Å²) < 4.78 is 16.9. The van der Waals surface area contributed by atoms with Crippen LogP contribution in [0.15, 0.2) is 66.7 Å². The third kappa shape index (κ3) is 8.56. The molecule has 0 bridgehead atoms. The van der Waals surface area contributed by atoms with E-state index in [-0.39, 0.29) is 35.9 Å². The average Bonchev–Trinajstić information content (AvgIpc) is 3.48. The molecule has 0 aromatic heterocycles. The Labute approximate surface area is 252 Å². The Hall–Kier alpha value is -4.41. The van der Waals surface area contributed by atoms with Crippen molar-refractivity contribution in [3.8, 4) is 11.5 Å². The Morgan fingerprint density at radius 1 is 0.884 bits per heavy atom. The van der Waals surface area contributed by atoms with E-state index in [9.17, 15) is 14.4 Å². The zero-order valence-corrected chi connectivity index (χ0v) is 24.7. The van der Waals surface area contributed by atoms with Gasteiger partial charge in [-0.3, -0.25) is 9.59 Å². The van der Waals surface area contributed by atoms with Crippen LogP contribution >= 0.6 is 0 Å². The van der Waals surface area contributed by atoms with Gasteiger partial charge in [0.05, 0.1) is 5.56 Å². The first-order valence-electron chi connectivity index (χ1n) is 14.6. The van der Waals surface area contributed by atoms with Crippen molar-refractivity contribution in [1.29, 1.82) is 0 Å². The molecule has 0 saturated heterocycles. The summed E-state index contributed by atoms with van der Waals surface area (Å²) in [7, 11) is 0. The van der Waals surface area contributed by atoms with Crippen molar-refractivity contribution in [2.45, 2.75) is 51.8 Å². The maximum Gasteiger partial charge on any atom is 0.338 e. The largest absolute Gasteiger partial charge is 0.456 e. The average molecular weight is 589 g/mol. The molecular formula is C33H40N4O6. The summed E-state index contributed by atoms with van der Waals surface area (Å²) in [4.78, 5) is 40.7. The molecule has 2 amide bonds. The summed E-state index contributed by atoms with van der Waals surface area (Å²) in [5.74, 6) is -0.423. The molecule has 1 aliphatic heterocycles. The number of nitrogens with one attached hydrogen (secondary N) is 1. The molecular weight excluding hydrogens is 548 g/mol. The van der Waals surface area contributed by atoms with Crippen LogP contribution in [0.2, 0.25) is 0 Å². The second-order valence-corrected chi connectivity index (χ2v) is 10.6. The fourth-order valence-electron chi connectivity index (χ4n) is 4.96. The summed E-state index contributed by atoms with van der Waals surface area (Å²) in [6.07, 6.45) is 1.20. The fourth-order valence-corrected chi connectivity index (χ4v) is 4.96. The lowest BCUT2D eigenvalue weighted by Gasteiger charge is -2.25. The smallest absolute Gasteiger partial charge is 0.338 e. The summed E-state index contributed by atoms with van der Waals surface area (Å²) in [6.45, 7) is 6.06. The topological polar surface area (TPSA) is 146 Å². The van der Waals surface area contributed by atoms with Gasteiger partial charge in [0.15, 0.2) is 11.5 Å². The van der Waals surface area contributed by atoms with Crippen LogP contribution in [0.3, 0.4) is 0 Å². The molecule has 228 valence electrons. The first kappa shape index (κ1) is 31.5. The molecule has 0 saturated carbocycles. The second kappa shape index (κ2) is 15.2. The van der Waals surface area contributed by atoms with E-state index < -0.39 is 24.0 Å². The van der Waals surface area contributed by atoms with Crippen molar-refractivity contribution in [3.63, 3.8) is 0 Å². The molecule has 5 N–H and O–H groups in total. The van der Waals surface area contributed by atoms with E-state index in [2.05, 4.69) is 5.32 Å². The van der Waals surface area contributed by atoms with Gasteiger partial charge in [-0.15, -0.1) is 0 Å². The van der Waals surface area contributed by atoms with Gasteiger partial charge in [-0.25, -0.2) is 4.79 Å². The minimum absolute atomic E-state index is 0.0501. The molecule has 0 spiro atoms. The number of esters is 1. The number of carbonyl (C=O) groups excluding carboxylic acids is 3. The van der Waals surface area contributed by atoms with Gasteiger partial charge < -0.3 is 35.9 Å². The van der Waals surface area contributed by atoms with E-state index in [0.717, 1.165) is 24.0 Å². The van der Waals surface area contributed by atoms with E-state index in [4.69, 9.17) is 25.7 Å². The Morgan fingerprint density at radius 2 is 1.56 bits per heavy atom. The molecule has 10 heteroatoms. The molecule has 3 aromatic carbocycles. The molecule has 0 fully saturated rings. The van der Waals surface area contributed by atoms with E-state index >= 15 is 0 Å². The molecule has 0 aliphatic carbocycles. The van der Waals surface area contributed by atoms with E-state index in [1.54, 1.807) is 4.90 Å². The number of primary amides is 1. The number of benzene rings is 3. The maximum absolute atomic E-state index is 13.6. The second-order valence-electron chi connectivity index (χ2n) is 10.6. The number of amides is 2. The lowest BCUT2D eigenvalue weighted by Crippen LogP contribution is -2.46. The predicted octanol–water partition coefficient (Wildman–Crippen LogP) is 3.66. The zero-order chi connectivity index (χ0) is 30.8. The van der Waals surface area contributed by atoms with Gasteiger partial charge in [0, 0.05) is 43.3 Å². The van der Waals surface area contributed by atoms with Gasteiger partial charge in [-0.2, -0.15) is 0 Å². The lowest BCUT2D eigenvalue weighted by molar-refractivity contribution is 0.0238. The Kier molecular flexibility index (Phi) is 11.1. The van der Waals surface area contributed by atoms with E-state index in [0.29, 0.717) is 37.6 Å². The number of rotatable bonds is 15. The van der Waals surface area contributed by atoms with Gasteiger partial charge in [-0.05, 0) is 60.7 Å². The molecule has 0 unspecified atom stereocenters. The molecule has 0 radical (unpaired) electrons. The number of fused-ring (bicyclic) bond motifs is 1. The van der Waals surface area contributed by atoms with Gasteiger partial charge in [-0.1, -0.05) is 50.2 Å². The highest BCUT2D eigenvalue weighted by Gasteiger charge is 2.26. The quantitative estimate of drug-likeness (QED) is 0.228. The normalized spacial score (nSPS) is 13.3. The first-order chi connectivity index (χ1) is 20.8. The summed E-state index contributed by atoms with van der Waals surface area (Å²) in [5.41, 5.74) is 14.5. The van der Waals surface area contributed by atoms with Crippen molar-refractivity contribution < 1.29 is 28.6 Å². The van der Waals surface area contributed by atoms with Gasteiger partial charge in [0.1, 0.15) is 6.10 Å². The van der Waals surface area contributed by atoms with Crippen molar-refractivity contribution in [1.82, 2.24) is 10.2 Å². The number of nitrogens with two attached hydrogens (primary N) is 2. The van der Waals surface area contributed by atoms with Crippen molar-refractivity contribution in [3.05, 3.63) is 94.5 Å². The summed E-state index contributed by atoms with van der Waals surface area (Å²) in [6, 6.07) is 19.1. The van der Waals surface area contributed by atoms with Crippen LogP contribution in [0.4, 0.5) is 0 Å². The molecule has 2 atom stereocenters. The molecule has 3 aromatic rings. The number of hydrogen-bond acceptors (Lipinski definition) is 8. The summed E-state index contributed by atoms with van der Waals surface area (Å²) in [5, 5.41) is 3.33. The van der Waals surface area contributed by atoms with Crippen molar-refractivity contribution >= 4 is 17.8 Å². The van der Waals surface area contributed by atoms with Crippen LogP contribution in [-0.4, -0.2) is 61.3 Å². The molecule has 1 aliphatic rings. The third-order valence-electron chi connectivity index (χ3n) is 7.14. The van der Waals surface area contributed by atoms with Crippen LogP contribution in [-0.2, 0) is 17.7 Å². The Balaban J connectivity index is 1.56. The van der Waals surface area contributed by atoms with Crippen LogP contribution in [0.25, 0.3) is 0 Å². The first-order valence-corrected chi connectivity index (χ1v) is 14.6. The highest BCUT2D eigenvalue weighted by Crippen LogP contribution is 2.33. The highest BCUT2D eigenvalue weighted by molar-refractivity contribution is 6.03. The monoisotopic (exact) mass is 588 g/mol. The van der Waals surface area contributed by atoms with Crippen LogP contribution < -0.4 is 26.3 Å². The van der Waals surface area contributed by atoms with Crippen LogP contribution in [0.5, 0.6) is 11.5 Å². The van der Waals surface area contributed by atoms with Gasteiger partial charge in [0.2, 0.25) is 12.7 Å². The molecule has 10 nitrogen and oxygen atoms in total. The van der Waals surface area contributed by atoms with E-state index in [1.165, 1.54) is 18.2 Å². The van der Waals surface area contributed by atoms with E-state index in [1.807, 2.05) is 62.4 Å². The van der Waals surface area contributed by atoms with Gasteiger partial charge in [0.25, 0.3) is 5.91 Å². The SMILES string of the molecule is CCCN(CCC)C(=O)c1cc(C(N)=O)cc(C(=O)O[C@H](CNCc2ccccc2)[C@@H](N)Cc2ccc3c(c2)OCO3)c1. The predicted molar refractivity (Wildman–Crippen MR) is 163 cm³/mol. The van der Waals surface area contributed by atoms with Crippen LogP contribution in [0, 0.1) is 0 Å². The van der Waals surface area contributed by atoms with Crippen molar-refractivity contribution in [2.24, 2.45) is 11.5 Å². The fraction of sp³-hybridized carbons (Fsp3) is 0.364. The van der Waals surface area contributed by atoms with Crippen LogP contribution in [0.1, 0.15) is 68.9 Å². The van der Waals surface area contributed by atoms with Crippen molar-refractivity contribution in [2.75, 3.05) is 26.4 Å². The maximum atomic E-state index is 13.6. The molecule has 1 heterocycles. The lowest BCUT2D eigenvalue weighted by atomic mass is 10.0. The van der Waals surface area contributed by atoms with Gasteiger partial charge >= 0.3 is 5.97 Å². The zero-order valence-electron chi connectivity index (χ0n) is 24.7. The summed E-state index contributed by atoms with van der Waals surface area (Å²) >= 11 is 0. The Morgan fingerprint density at radius 3 is 2.26 bits per heavy atom. The Bertz CT molecular complexity index is 1410. The number of ether oxygens (including phenoxy) is 3. The minimum atomic E-state index is -0.748. The molecule has 43 heavy (non-hydrogen) atoms. The minimum Gasteiger partial charge on any atom is -0.456 e. The number of hydrogen-bond donors (Lipinski definition) is 3. The number of carbonyl (C=O) groups is 3. The highest BCUT2D eigenvalue weighted by atomic mass is 16.7. The standard InChI is InChI=1S/C33H40N4O6/c1-3-12-37(13-4-2)32(39)25-16-24(31(35)38)17-26(18-25)33(40)43-30(20-36-19-22-8-6-5-7-9-22)27(34)14-23-10-11-28-29(15-23)42-21-41-28/h5-11,15-18,27,30,36H,3-4,12-14,19-21,34H2,1-2H3,(H2,35,38)/t27-,30+/m0/s1. The third-order valence-corrected chi connectivity index (χ3v) is 7.14. The molecule has 4 rings (SSSR count). The number of nitrogens with zero attached hydrogens (tertiary/aromatic N) is 1.